The molecule has 1 aliphatic rings. The summed E-state index contributed by atoms with van der Waals surface area (Å²) in [6.07, 6.45) is 9.02. The van der Waals surface area contributed by atoms with E-state index in [1.165, 1.54) is 37.0 Å². The number of ether oxygens (including phenoxy) is 1. The van der Waals surface area contributed by atoms with Crippen molar-refractivity contribution in [3.63, 3.8) is 0 Å². The third-order valence-electron chi connectivity index (χ3n) is 2.99. The molecule has 15 heavy (non-hydrogen) atoms. The second kappa shape index (κ2) is 4.94. The summed E-state index contributed by atoms with van der Waals surface area (Å²) in [7, 11) is 0. The second-order valence-corrected chi connectivity index (χ2v) is 5.22. The fourth-order valence-electron chi connectivity index (χ4n) is 2.06. The summed E-state index contributed by atoms with van der Waals surface area (Å²) in [5, 5.41) is 2.66. The van der Waals surface area contributed by atoms with E-state index in [1.807, 2.05) is 5.38 Å². The van der Waals surface area contributed by atoms with Crippen LogP contribution in [0.1, 0.15) is 38.5 Å². The molecule has 4 heteroatoms. The summed E-state index contributed by atoms with van der Waals surface area (Å²) in [6.45, 7) is 0.612. The van der Waals surface area contributed by atoms with Gasteiger partial charge in [-0.2, -0.15) is 0 Å². The molecule has 1 aromatic rings. The van der Waals surface area contributed by atoms with Gasteiger partial charge in [-0.25, -0.2) is 4.98 Å². The van der Waals surface area contributed by atoms with Gasteiger partial charge in [0.15, 0.2) is 0 Å². The molecular weight excluding hydrogens is 208 g/mol. The van der Waals surface area contributed by atoms with Crippen LogP contribution >= 0.6 is 11.3 Å². The maximum Gasteiger partial charge on any atom is 0.273 e. The van der Waals surface area contributed by atoms with Gasteiger partial charge in [0.05, 0.1) is 5.54 Å². The van der Waals surface area contributed by atoms with Crippen LogP contribution in [0.25, 0.3) is 0 Å². The average molecular weight is 226 g/mol. The monoisotopic (exact) mass is 226 g/mol. The fourth-order valence-corrected chi connectivity index (χ4v) is 2.55. The third-order valence-corrected chi connectivity index (χ3v) is 3.67. The van der Waals surface area contributed by atoms with E-state index < -0.39 is 0 Å². The van der Waals surface area contributed by atoms with Gasteiger partial charge < -0.3 is 10.5 Å². The maximum absolute atomic E-state index is 6.33. The zero-order chi connectivity index (χ0) is 10.6. The first kappa shape index (κ1) is 10.9. The van der Waals surface area contributed by atoms with E-state index in [0.717, 1.165) is 18.0 Å². The molecule has 1 saturated carbocycles. The Morgan fingerprint density at radius 1 is 1.33 bits per heavy atom. The summed E-state index contributed by atoms with van der Waals surface area (Å²) in [5.41, 5.74) is 6.20. The molecule has 3 nitrogen and oxygen atoms in total. The van der Waals surface area contributed by atoms with Crippen molar-refractivity contribution in [3.05, 3.63) is 11.6 Å². The lowest BCUT2D eigenvalue weighted by Gasteiger charge is -2.27. The molecule has 0 amide bonds. The lowest BCUT2D eigenvalue weighted by molar-refractivity contribution is 0.199. The highest BCUT2D eigenvalue weighted by Gasteiger charge is 2.27. The minimum absolute atomic E-state index is 0.123. The van der Waals surface area contributed by atoms with Gasteiger partial charge in [-0.1, -0.05) is 37.0 Å². The van der Waals surface area contributed by atoms with Crippen LogP contribution in [0.15, 0.2) is 11.6 Å². The van der Waals surface area contributed by atoms with Crippen molar-refractivity contribution < 1.29 is 4.74 Å². The largest absolute Gasteiger partial charge is 0.468 e. The number of hydrogen-bond acceptors (Lipinski definition) is 4. The summed E-state index contributed by atoms with van der Waals surface area (Å²) in [4.78, 5) is 4.10. The quantitative estimate of drug-likeness (QED) is 0.806. The molecule has 0 aromatic carbocycles. The van der Waals surface area contributed by atoms with Crippen LogP contribution in [-0.4, -0.2) is 17.1 Å². The van der Waals surface area contributed by atoms with Crippen LogP contribution in [0.5, 0.6) is 5.19 Å². The Hall–Kier alpha value is -0.610. The normalized spacial score (nSPS) is 20.9. The molecule has 1 fully saturated rings. The van der Waals surface area contributed by atoms with Crippen molar-refractivity contribution in [2.24, 2.45) is 5.73 Å². The summed E-state index contributed by atoms with van der Waals surface area (Å²) in [6, 6.07) is 0. The Morgan fingerprint density at radius 3 is 2.67 bits per heavy atom. The molecule has 0 aliphatic heterocycles. The van der Waals surface area contributed by atoms with Gasteiger partial charge in [0.25, 0.3) is 5.19 Å². The highest BCUT2D eigenvalue weighted by molar-refractivity contribution is 7.11. The Bertz CT molecular complexity index is 279. The van der Waals surface area contributed by atoms with E-state index in [9.17, 15) is 0 Å². The number of nitrogens with zero attached hydrogens (tertiary/aromatic N) is 1. The van der Waals surface area contributed by atoms with Crippen molar-refractivity contribution in [1.82, 2.24) is 4.98 Å². The van der Waals surface area contributed by atoms with Gasteiger partial charge in [0.2, 0.25) is 0 Å². The van der Waals surface area contributed by atoms with Crippen LogP contribution in [0.4, 0.5) is 0 Å². The number of thiazole rings is 1. The van der Waals surface area contributed by atoms with Gasteiger partial charge in [-0.3, -0.25) is 0 Å². The van der Waals surface area contributed by atoms with Crippen molar-refractivity contribution in [1.29, 1.82) is 0 Å². The van der Waals surface area contributed by atoms with E-state index in [-0.39, 0.29) is 5.54 Å². The van der Waals surface area contributed by atoms with E-state index in [4.69, 9.17) is 10.5 Å². The number of aromatic nitrogens is 1. The van der Waals surface area contributed by atoms with Gasteiger partial charge >= 0.3 is 0 Å². The van der Waals surface area contributed by atoms with Crippen molar-refractivity contribution >= 4 is 11.3 Å². The maximum atomic E-state index is 6.33. The van der Waals surface area contributed by atoms with Crippen LogP contribution < -0.4 is 10.5 Å². The molecule has 0 unspecified atom stereocenters. The first-order valence-corrected chi connectivity index (χ1v) is 6.48. The van der Waals surface area contributed by atoms with Gasteiger partial charge in [0, 0.05) is 11.6 Å². The predicted molar refractivity (Wildman–Crippen MR) is 62.2 cm³/mol. The molecule has 0 saturated heterocycles. The van der Waals surface area contributed by atoms with E-state index in [2.05, 4.69) is 4.98 Å². The van der Waals surface area contributed by atoms with Crippen LogP contribution in [-0.2, 0) is 0 Å². The summed E-state index contributed by atoms with van der Waals surface area (Å²) >= 11 is 1.53. The highest BCUT2D eigenvalue weighted by Crippen LogP contribution is 2.26. The van der Waals surface area contributed by atoms with Crippen molar-refractivity contribution in [2.45, 2.75) is 44.1 Å². The first-order chi connectivity index (χ1) is 7.29. The Labute approximate surface area is 94.7 Å². The second-order valence-electron chi connectivity index (χ2n) is 4.36. The molecule has 2 rings (SSSR count). The summed E-state index contributed by atoms with van der Waals surface area (Å²) < 4.78 is 5.63. The van der Waals surface area contributed by atoms with Crippen molar-refractivity contribution in [2.75, 3.05) is 6.61 Å². The fraction of sp³-hybridized carbons (Fsp3) is 0.727. The molecular formula is C11H18N2OS. The number of nitrogens with two attached hydrogens (primary N) is 1. The van der Waals surface area contributed by atoms with Crippen LogP contribution in [0.3, 0.4) is 0 Å². The first-order valence-electron chi connectivity index (χ1n) is 5.60. The standard InChI is InChI=1S/C11H18N2OS/c12-11(5-3-1-2-4-6-11)9-14-10-13-7-8-15-10/h7-8H,1-6,9,12H2. The molecule has 1 heterocycles. The topological polar surface area (TPSA) is 48.1 Å². The zero-order valence-electron chi connectivity index (χ0n) is 8.95. The Kier molecular flexibility index (Phi) is 3.59. The summed E-state index contributed by atoms with van der Waals surface area (Å²) in [5.74, 6) is 0. The van der Waals surface area contributed by atoms with Gasteiger partial charge in [-0.05, 0) is 12.8 Å². The molecule has 0 bridgehead atoms. The molecule has 0 atom stereocenters. The lowest BCUT2D eigenvalue weighted by atomic mass is 9.93. The van der Waals surface area contributed by atoms with Crippen molar-refractivity contribution in [3.8, 4) is 5.19 Å². The third kappa shape index (κ3) is 3.18. The van der Waals surface area contributed by atoms with E-state index in [0.29, 0.717) is 6.61 Å². The van der Waals surface area contributed by atoms with E-state index in [1.54, 1.807) is 6.20 Å². The average Bonchev–Trinajstić information content (AvgIpc) is 2.65. The van der Waals surface area contributed by atoms with Crippen LogP contribution in [0.2, 0.25) is 0 Å². The molecule has 1 aliphatic carbocycles. The van der Waals surface area contributed by atoms with Gasteiger partial charge in [0.1, 0.15) is 6.61 Å². The number of hydrogen-bond donors (Lipinski definition) is 1. The van der Waals surface area contributed by atoms with Crippen LogP contribution in [0, 0.1) is 0 Å². The molecule has 1 aromatic heterocycles. The predicted octanol–water partition coefficient (Wildman–Crippen LogP) is 2.57. The molecule has 0 spiro atoms. The van der Waals surface area contributed by atoms with Gasteiger partial charge in [-0.15, -0.1) is 0 Å². The highest BCUT2D eigenvalue weighted by atomic mass is 32.1. The molecule has 84 valence electrons. The smallest absolute Gasteiger partial charge is 0.273 e. The Morgan fingerprint density at radius 2 is 2.07 bits per heavy atom. The molecule has 2 N–H and O–H groups in total. The lowest BCUT2D eigenvalue weighted by Crippen LogP contribution is -2.45. The molecule has 0 radical (unpaired) electrons. The zero-order valence-corrected chi connectivity index (χ0v) is 9.76. The minimum atomic E-state index is -0.123. The Balaban J connectivity index is 1.86. The minimum Gasteiger partial charge on any atom is -0.468 e. The SMILES string of the molecule is NC1(COc2nccs2)CCCCCC1. The van der Waals surface area contributed by atoms with E-state index >= 15 is 0 Å². The number of rotatable bonds is 3.